The molecule has 0 radical (unpaired) electrons. The van der Waals surface area contributed by atoms with E-state index < -0.39 is 0 Å². The zero-order chi connectivity index (χ0) is 14.1. The van der Waals surface area contributed by atoms with Gasteiger partial charge in [-0.2, -0.15) is 0 Å². The molecule has 0 atom stereocenters. The van der Waals surface area contributed by atoms with E-state index in [0.29, 0.717) is 19.1 Å². The summed E-state index contributed by atoms with van der Waals surface area (Å²) in [6.07, 6.45) is 0. The molecular weight excluding hydrogens is 244 g/mol. The second-order valence-electron chi connectivity index (χ2n) is 4.42. The van der Waals surface area contributed by atoms with Crippen LogP contribution in [0.25, 0.3) is 0 Å². The summed E-state index contributed by atoms with van der Waals surface area (Å²) >= 11 is 0. The van der Waals surface area contributed by atoms with Gasteiger partial charge in [0.25, 0.3) is 0 Å². The average molecular weight is 266 g/mol. The van der Waals surface area contributed by atoms with Gasteiger partial charge in [-0.25, -0.2) is 4.79 Å². The molecule has 1 rings (SSSR count). The van der Waals surface area contributed by atoms with Crippen LogP contribution in [-0.2, 0) is 9.47 Å². The van der Waals surface area contributed by atoms with Gasteiger partial charge in [-0.05, 0) is 17.5 Å². The van der Waals surface area contributed by atoms with Crippen molar-refractivity contribution in [3.05, 3.63) is 29.8 Å². The fourth-order valence-electron chi connectivity index (χ4n) is 1.61. The van der Waals surface area contributed by atoms with Gasteiger partial charge in [-0.15, -0.1) is 0 Å². The molecule has 0 aromatic heterocycles. The Morgan fingerprint density at radius 1 is 1.26 bits per heavy atom. The largest absolute Gasteiger partial charge is 0.382 e. The van der Waals surface area contributed by atoms with E-state index in [2.05, 4.69) is 24.5 Å². The first-order valence-corrected chi connectivity index (χ1v) is 6.35. The molecule has 2 amide bonds. The normalized spacial score (nSPS) is 10.5. The number of nitrogens with one attached hydrogen (secondary N) is 2. The molecular formula is C14H22N2O3. The maximum absolute atomic E-state index is 11.7. The van der Waals surface area contributed by atoms with Crippen molar-refractivity contribution in [1.29, 1.82) is 0 Å². The van der Waals surface area contributed by atoms with E-state index in [1.54, 1.807) is 7.11 Å². The van der Waals surface area contributed by atoms with Crippen LogP contribution in [0.1, 0.15) is 25.3 Å². The van der Waals surface area contributed by atoms with Crippen LogP contribution in [0.4, 0.5) is 10.5 Å². The topological polar surface area (TPSA) is 59.6 Å². The summed E-state index contributed by atoms with van der Waals surface area (Å²) in [5.41, 5.74) is 1.94. The van der Waals surface area contributed by atoms with Gasteiger partial charge >= 0.3 is 6.03 Å². The van der Waals surface area contributed by atoms with Crippen molar-refractivity contribution >= 4 is 11.7 Å². The molecule has 19 heavy (non-hydrogen) atoms. The lowest BCUT2D eigenvalue weighted by Gasteiger charge is -2.14. The molecule has 0 saturated heterocycles. The van der Waals surface area contributed by atoms with Gasteiger partial charge in [0.2, 0.25) is 0 Å². The molecule has 5 nitrogen and oxygen atoms in total. The van der Waals surface area contributed by atoms with E-state index in [4.69, 9.17) is 9.47 Å². The number of anilines is 1. The molecule has 1 aromatic carbocycles. The van der Waals surface area contributed by atoms with E-state index in [1.165, 1.54) is 0 Å². The number of carbonyl (C=O) groups is 1. The molecule has 0 unspecified atom stereocenters. The highest BCUT2D eigenvalue weighted by molar-refractivity contribution is 5.90. The number of hydrogen-bond acceptors (Lipinski definition) is 3. The first kappa shape index (κ1) is 15.5. The van der Waals surface area contributed by atoms with Gasteiger partial charge in [0.15, 0.2) is 0 Å². The third-order valence-electron chi connectivity index (χ3n) is 2.60. The Hall–Kier alpha value is -1.59. The van der Waals surface area contributed by atoms with E-state index in [1.807, 2.05) is 24.3 Å². The quantitative estimate of drug-likeness (QED) is 0.589. The predicted octanol–water partition coefficient (Wildman–Crippen LogP) is 2.55. The van der Waals surface area contributed by atoms with E-state index in [-0.39, 0.29) is 12.8 Å². The summed E-state index contributed by atoms with van der Waals surface area (Å²) in [4.78, 5) is 11.7. The second kappa shape index (κ2) is 8.50. The van der Waals surface area contributed by atoms with Crippen molar-refractivity contribution in [1.82, 2.24) is 5.32 Å². The maximum atomic E-state index is 11.7. The standard InChI is InChI=1S/C14H22N2O3/c1-11(2)12-6-4-5-7-13(12)16-14(17)15-10-19-9-8-18-3/h4-7,11H,8-10H2,1-3H3,(H2,15,16,17). The monoisotopic (exact) mass is 266 g/mol. The molecule has 0 bridgehead atoms. The van der Waals surface area contributed by atoms with Crippen LogP contribution in [-0.4, -0.2) is 33.1 Å². The third-order valence-corrected chi connectivity index (χ3v) is 2.60. The number of para-hydroxylation sites is 1. The van der Waals surface area contributed by atoms with Crippen LogP contribution >= 0.6 is 0 Å². The maximum Gasteiger partial charge on any atom is 0.321 e. The molecule has 5 heteroatoms. The predicted molar refractivity (Wildman–Crippen MR) is 75.4 cm³/mol. The fourth-order valence-corrected chi connectivity index (χ4v) is 1.61. The lowest BCUT2D eigenvalue weighted by molar-refractivity contribution is 0.0650. The van der Waals surface area contributed by atoms with Crippen molar-refractivity contribution in [3.8, 4) is 0 Å². The van der Waals surface area contributed by atoms with Crippen LogP contribution in [0.2, 0.25) is 0 Å². The first-order chi connectivity index (χ1) is 9.15. The molecule has 0 aliphatic heterocycles. The molecule has 0 saturated carbocycles. The number of ether oxygens (including phenoxy) is 2. The lowest BCUT2D eigenvalue weighted by Crippen LogP contribution is -2.31. The summed E-state index contributed by atoms with van der Waals surface area (Å²) < 4.78 is 10.00. The summed E-state index contributed by atoms with van der Waals surface area (Å²) in [6.45, 7) is 5.32. The molecule has 2 N–H and O–H groups in total. The summed E-state index contributed by atoms with van der Waals surface area (Å²) in [6, 6.07) is 7.49. The Morgan fingerprint density at radius 3 is 2.68 bits per heavy atom. The first-order valence-electron chi connectivity index (χ1n) is 6.35. The van der Waals surface area contributed by atoms with Crippen LogP contribution < -0.4 is 10.6 Å². The minimum Gasteiger partial charge on any atom is -0.382 e. The van der Waals surface area contributed by atoms with Gasteiger partial charge in [0, 0.05) is 12.8 Å². The van der Waals surface area contributed by atoms with Crippen molar-refractivity contribution in [2.45, 2.75) is 19.8 Å². The van der Waals surface area contributed by atoms with Gasteiger partial charge < -0.3 is 20.1 Å². The van der Waals surface area contributed by atoms with Crippen molar-refractivity contribution in [2.75, 3.05) is 32.4 Å². The van der Waals surface area contributed by atoms with Crippen LogP contribution in [0.3, 0.4) is 0 Å². The zero-order valence-corrected chi connectivity index (χ0v) is 11.7. The average Bonchev–Trinajstić information content (AvgIpc) is 2.39. The number of amides is 2. The minimum atomic E-state index is -0.273. The molecule has 0 spiro atoms. The van der Waals surface area contributed by atoms with Crippen LogP contribution in [0.5, 0.6) is 0 Å². The number of urea groups is 1. The summed E-state index contributed by atoms with van der Waals surface area (Å²) in [5, 5.41) is 5.45. The number of methoxy groups -OCH3 is 1. The summed E-state index contributed by atoms with van der Waals surface area (Å²) in [5.74, 6) is 0.356. The SMILES string of the molecule is COCCOCNC(=O)Nc1ccccc1C(C)C. The number of benzene rings is 1. The molecule has 106 valence electrons. The Balaban J connectivity index is 2.40. The highest BCUT2D eigenvalue weighted by Crippen LogP contribution is 2.23. The Bertz CT molecular complexity index is 394. The van der Waals surface area contributed by atoms with Crippen LogP contribution in [0, 0.1) is 0 Å². The minimum absolute atomic E-state index is 0.166. The van der Waals surface area contributed by atoms with E-state index in [0.717, 1.165) is 11.3 Å². The van der Waals surface area contributed by atoms with Crippen molar-refractivity contribution in [3.63, 3.8) is 0 Å². The smallest absolute Gasteiger partial charge is 0.321 e. The Kier molecular flexibility index (Phi) is 6.92. The van der Waals surface area contributed by atoms with Gasteiger partial charge in [0.05, 0.1) is 13.2 Å². The van der Waals surface area contributed by atoms with E-state index >= 15 is 0 Å². The van der Waals surface area contributed by atoms with Crippen molar-refractivity contribution < 1.29 is 14.3 Å². The number of carbonyl (C=O) groups excluding carboxylic acids is 1. The number of hydrogen-bond donors (Lipinski definition) is 2. The molecule has 0 aliphatic rings. The highest BCUT2D eigenvalue weighted by Gasteiger charge is 2.08. The Morgan fingerprint density at radius 2 is 2.00 bits per heavy atom. The number of rotatable bonds is 7. The van der Waals surface area contributed by atoms with Gasteiger partial charge in [0.1, 0.15) is 6.73 Å². The lowest BCUT2D eigenvalue weighted by atomic mass is 10.0. The van der Waals surface area contributed by atoms with Crippen LogP contribution in [0.15, 0.2) is 24.3 Å². The second-order valence-corrected chi connectivity index (χ2v) is 4.42. The van der Waals surface area contributed by atoms with Crippen molar-refractivity contribution in [2.24, 2.45) is 0 Å². The van der Waals surface area contributed by atoms with E-state index in [9.17, 15) is 4.79 Å². The van der Waals surface area contributed by atoms with Gasteiger partial charge in [-0.1, -0.05) is 32.0 Å². The Labute approximate surface area is 114 Å². The zero-order valence-electron chi connectivity index (χ0n) is 11.7. The highest BCUT2D eigenvalue weighted by atomic mass is 16.5. The molecule has 0 aliphatic carbocycles. The molecule has 0 heterocycles. The third kappa shape index (κ3) is 5.72. The van der Waals surface area contributed by atoms with Gasteiger partial charge in [-0.3, -0.25) is 0 Å². The fraction of sp³-hybridized carbons (Fsp3) is 0.500. The summed E-state index contributed by atoms with van der Waals surface area (Å²) in [7, 11) is 1.60. The molecule has 0 fully saturated rings. The molecule has 1 aromatic rings.